The predicted octanol–water partition coefficient (Wildman–Crippen LogP) is -2.62. The molecule has 0 rings (SSSR count). The molecular formula is CrO4Zn2. The van der Waals surface area contributed by atoms with Crippen LogP contribution in [0, 0.1) is 0 Å². The molecule has 0 heterocycles. The summed E-state index contributed by atoms with van der Waals surface area (Å²) in [7, 11) is 0. The minimum atomic E-state index is -5.75. The summed E-state index contributed by atoms with van der Waals surface area (Å²) in [6, 6.07) is 0. The van der Waals surface area contributed by atoms with Gasteiger partial charge in [0.05, 0.1) is 0 Å². The molecule has 0 unspecified atom stereocenters. The molecule has 34 valence electrons. The molecule has 4 nitrogen and oxygen atoms in total. The standard InChI is InChI=1S/Cr.4O.2Zn/q;;;2*-1;;+2. The van der Waals surface area contributed by atoms with Crippen molar-refractivity contribution >= 4 is 0 Å². The van der Waals surface area contributed by atoms with Gasteiger partial charge in [0.25, 0.3) is 0 Å². The molecule has 0 aliphatic rings. The Morgan fingerprint density at radius 1 is 1.14 bits per heavy atom. The van der Waals surface area contributed by atoms with Crippen LogP contribution >= 0.6 is 0 Å². The fourth-order valence-electron chi connectivity index (χ4n) is 0. The van der Waals surface area contributed by atoms with Crippen molar-refractivity contribution in [2.45, 2.75) is 0 Å². The first-order chi connectivity index (χ1) is 2.00. The molecule has 0 aromatic rings. The minimum Gasteiger partial charge on any atom is 0 e. The molecule has 7 heavy (non-hydrogen) atoms. The van der Waals surface area contributed by atoms with Crippen molar-refractivity contribution in [3.05, 3.63) is 0 Å². The van der Waals surface area contributed by atoms with Gasteiger partial charge in [-0.15, -0.1) is 0 Å². The Morgan fingerprint density at radius 2 is 1.14 bits per heavy atom. The molecule has 0 fully saturated rings. The smallest absolute Gasteiger partial charge is 0 e. The predicted molar refractivity (Wildman–Crippen MR) is 1.37 cm³/mol. The third-order valence-electron chi connectivity index (χ3n) is 0. The van der Waals surface area contributed by atoms with E-state index in [2.05, 4.69) is 0 Å². The van der Waals surface area contributed by atoms with E-state index >= 15 is 0 Å². The summed E-state index contributed by atoms with van der Waals surface area (Å²) in [6.07, 6.45) is 0. The van der Waals surface area contributed by atoms with E-state index in [0.717, 1.165) is 0 Å². The molecule has 0 aromatic carbocycles. The summed E-state index contributed by atoms with van der Waals surface area (Å²) in [5.41, 5.74) is 0. The van der Waals surface area contributed by atoms with Crippen molar-refractivity contribution in [3.63, 3.8) is 0 Å². The fraction of sp³-hybridized carbons (Fsp3) is 0. The minimum absolute atomic E-state index is 0. The van der Waals surface area contributed by atoms with E-state index in [1.54, 1.807) is 0 Å². The Bertz CT molecular complexity index is 92.9. The number of rotatable bonds is 0. The van der Waals surface area contributed by atoms with E-state index in [4.69, 9.17) is 15.9 Å². The Morgan fingerprint density at radius 3 is 1.14 bits per heavy atom. The molecule has 0 amide bonds. The first kappa shape index (κ1) is 15.7. The SMILES string of the molecule is [O]=[Cr](=[O])([O-])[O-].[Zn+2].[Zn]. The molecule has 0 radical (unpaired) electrons. The summed E-state index contributed by atoms with van der Waals surface area (Å²) in [4.78, 5) is 0. The molecule has 0 aromatic heterocycles. The van der Waals surface area contributed by atoms with Crippen LogP contribution in [-0.2, 0) is 60.2 Å². The van der Waals surface area contributed by atoms with Crippen LogP contribution in [0.4, 0.5) is 0 Å². The average molecular weight is 247 g/mol. The van der Waals surface area contributed by atoms with Gasteiger partial charge in [0.15, 0.2) is 0 Å². The molecule has 0 saturated carbocycles. The van der Waals surface area contributed by atoms with Gasteiger partial charge in [-0.25, -0.2) is 0 Å². The Labute approximate surface area is 68.2 Å². The van der Waals surface area contributed by atoms with Crippen LogP contribution in [0.3, 0.4) is 0 Å². The van der Waals surface area contributed by atoms with Crippen molar-refractivity contribution in [1.82, 2.24) is 0 Å². The zero-order valence-corrected chi connectivity index (χ0v) is 10.7. The van der Waals surface area contributed by atoms with Crippen LogP contribution in [0.25, 0.3) is 0 Å². The molecule has 0 bridgehead atoms. The van der Waals surface area contributed by atoms with Gasteiger partial charge in [-0.2, -0.15) is 0 Å². The number of hydrogen-bond acceptors (Lipinski definition) is 4. The second-order valence-electron chi connectivity index (χ2n) is 0.408. The molecule has 0 N–H and O–H groups in total. The summed E-state index contributed by atoms with van der Waals surface area (Å²) in [5, 5.41) is 0. The second-order valence-corrected chi connectivity index (χ2v) is 1.68. The molecule has 0 spiro atoms. The largest absolute Gasteiger partial charge is 2.00 e. The van der Waals surface area contributed by atoms with Gasteiger partial charge in [0.2, 0.25) is 0 Å². The summed E-state index contributed by atoms with van der Waals surface area (Å²) < 4.78 is 34.4. The Kier molecular flexibility index (Phi) is 12.2. The zero-order valence-electron chi connectivity index (χ0n) is 3.46. The Hall–Kier alpha value is 1.30. The fourth-order valence-corrected chi connectivity index (χ4v) is 0. The van der Waals surface area contributed by atoms with Crippen LogP contribution in [0.2, 0.25) is 0 Å². The van der Waals surface area contributed by atoms with Crippen molar-refractivity contribution in [1.29, 1.82) is 0 Å². The third-order valence-corrected chi connectivity index (χ3v) is 0. The quantitative estimate of drug-likeness (QED) is 0.438. The van der Waals surface area contributed by atoms with Gasteiger partial charge >= 0.3 is 49.0 Å². The topological polar surface area (TPSA) is 80.3 Å². The van der Waals surface area contributed by atoms with Gasteiger partial charge in [-0.05, 0) is 0 Å². The van der Waals surface area contributed by atoms with Crippen LogP contribution in [0.15, 0.2) is 0 Å². The summed E-state index contributed by atoms with van der Waals surface area (Å²) in [6.45, 7) is 0. The maximum absolute atomic E-state index is 8.59. The maximum Gasteiger partial charge on any atom is 2.00 e. The molecule has 0 aliphatic carbocycles. The van der Waals surface area contributed by atoms with E-state index < -0.39 is 13.6 Å². The van der Waals surface area contributed by atoms with Crippen molar-refractivity contribution in [3.8, 4) is 0 Å². The van der Waals surface area contributed by atoms with E-state index in [0.29, 0.717) is 0 Å². The average Bonchev–Trinajstić information content (AvgIpc) is 0.722. The van der Waals surface area contributed by atoms with Gasteiger partial charge in [-0.1, -0.05) is 0 Å². The van der Waals surface area contributed by atoms with E-state index in [1.807, 2.05) is 0 Å². The molecule has 7 heteroatoms. The van der Waals surface area contributed by atoms with Crippen LogP contribution in [0.5, 0.6) is 0 Å². The van der Waals surface area contributed by atoms with Crippen LogP contribution < -0.4 is 8.32 Å². The molecule has 0 saturated heterocycles. The van der Waals surface area contributed by atoms with Gasteiger partial charge < -0.3 is 0 Å². The van der Waals surface area contributed by atoms with Crippen LogP contribution in [-0.4, -0.2) is 0 Å². The van der Waals surface area contributed by atoms with Gasteiger partial charge in [0.1, 0.15) is 0 Å². The first-order valence-corrected chi connectivity index (χ1v) is 2.75. The monoisotopic (exact) mass is 244 g/mol. The van der Waals surface area contributed by atoms with Gasteiger partial charge in [-0.3, -0.25) is 0 Å². The van der Waals surface area contributed by atoms with Crippen LogP contribution in [0.1, 0.15) is 0 Å². The first-order valence-electron chi connectivity index (χ1n) is 0.667. The maximum atomic E-state index is 8.59. The van der Waals surface area contributed by atoms with Crippen molar-refractivity contribution < 1.29 is 68.5 Å². The Balaban J connectivity index is -0.0000000800. The molecule has 0 aliphatic heterocycles. The van der Waals surface area contributed by atoms with Crippen molar-refractivity contribution in [2.75, 3.05) is 0 Å². The zero-order chi connectivity index (χ0) is 4.50. The van der Waals surface area contributed by atoms with E-state index in [-0.39, 0.29) is 39.0 Å². The second kappa shape index (κ2) is 5.44. The summed E-state index contributed by atoms with van der Waals surface area (Å²) >= 11 is -5.75. The van der Waals surface area contributed by atoms with E-state index in [1.165, 1.54) is 0 Å². The third kappa shape index (κ3) is 121. The van der Waals surface area contributed by atoms with Crippen molar-refractivity contribution in [2.24, 2.45) is 0 Å². The van der Waals surface area contributed by atoms with Gasteiger partial charge in [0, 0.05) is 19.5 Å². The van der Waals surface area contributed by atoms with E-state index in [9.17, 15) is 0 Å². The summed E-state index contributed by atoms with van der Waals surface area (Å²) in [5.74, 6) is 0. The number of hydrogen-bond donors (Lipinski definition) is 0. The molecular weight excluding hydrogens is 247 g/mol. The normalized spacial score (nSPS) is 8.29. The molecule has 0 atom stereocenters.